The zero-order valence-electron chi connectivity index (χ0n) is 15.7. The molecule has 8 heteroatoms. The number of nitrogens with one attached hydrogen (secondary N) is 4. The molecule has 4 heterocycles. The number of nitrogens with zero attached hydrogens (tertiary/aromatic N) is 3. The van der Waals surface area contributed by atoms with Gasteiger partial charge in [0.2, 0.25) is 5.91 Å². The van der Waals surface area contributed by atoms with Crippen LogP contribution in [0.5, 0.6) is 0 Å². The van der Waals surface area contributed by atoms with Gasteiger partial charge in [-0.25, -0.2) is 0 Å². The summed E-state index contributed by atoms with van der Waals surface area (Å²) in [6.07, 6.45) is 7.30. The first-order valence-electron chi connectivity index (χ1n) is 9.41. The van der Waals surface area contributed by atoms with Gasteiger partial charge in [-0.2, -0.15) is 5.10 Å². The quantitative estimate of drug-likeness (QED) is 0.424. The van der Waals surface area contributed by atoms with Crippen LogP contribution >= 0.6 is 0 Å². The third kappa shape index (κ3) is 3.14. The third-order valence-electron chi connectivity index (χ3n) is 4.97. The molecule has 1 atom stereocenters. The molecular formula is C21H19N7O. The maximum Gasteiger partial charge on any atom is 0.224 e. The normalized spacial score (nSPS) is 14.9. The van der Waals surface area contributed by atoms with Gasteiger partial charge in [0.25, 0.3) is 0 Å². The number of pyridine rings is 2. The van der Waals surface area contributed by atoms with Crippen LogP contribution in [-0.2, 0) is 4.79 Å². The summed E-state index contributed by atoms with van der Waals surface area (Å²) in [5.41, 5.74) is 6.40. The summed E-state index contributed by atoms with van der Waals surface area (Å²) in [6.45, 7) is 1.82. The summed E-state index contributed by atoms with van der Waals surface area (Å²) >= 11 is 0. The van der Waals surface area contributed by atoms with Crippen molar-refractivity contribution in [3.63, 3.8) is 0 Å². The molecule has 0 bridgehead atoms. The average Bonchev–Trinajstić information content (AvgIpc) is 3.37. The van der Waals surface area contributed by atoms with Crippen LogP contribution in [0.3, 0.4) is 0 Å². The number of hydrogen-bond acceptors (Lipinski definition) is 6. The molecule has 8 nitrogen and oxygen atoms in total. The Balaban J connectivity index is 1.49. The summed E-state index contributed by atoms with van der Waals surface area (Å²) < 4.78 is 0. The van der Waals surface area contributed by atoms with Gasteiger partial charge >= 0.3 is 0 Å². The van der Waals surface area contributed by atoms with E-state index in [9.17, 15) is 4.79 Å². The standard InChI is InChI=1S/C21H19N7O/c1-2-19(29)24-14-7-13(9-23-10-14)12-3-4-16-15(8-12)20(28-27-16)21-25-17-5-6-22-11-18(17)26-21/h3-11,21,25-26H,2H2,1H3,(H,24,29)(H,27,28). The topological polar surface area (TPSA) is 108 Å². The van der Waals surface area contributed by atoms with Crippen LogP contribution in [0.1, 0.15) is 25.2 Å². The van der Waals surface area contributed by atoms with Crippen molar-refractivity contribution in [1.82, 2.24) is 20.2 Å². The largest absolute Gasteiger partial charge is 0.359 e. The van der Waals surface area contributed by atoms with Crippen molar-refractivity contribution in [3.8, 4) is 11.1 Å². The van der Waals surface area contributed by atoms with Crippen LogP contribution in [0.2, 0.25) is 0 Å². The number of rotatable bonds is 4. The van der Waals surface area contributed by atoms with Gasteiger partial charge in [-0.3, -0.25) is 19.9 Å². The summed E-state index contributed by atoms with van der Waals surface area (Å²) in [6, 6.07) is 9.93. The zero-order valence-corrected chi connectivity index (χ0v) is 15.7. The molecule has 5 rings (SSSR count). The maximum absolute atomic E-state index is 11.7. The molecular weight excluding hydrogens is 366 g/mol. The summed E-state index contributed by atoms with van der Waals surface area (Å²) in [7, 11) is 0. The predicted octanol–water partition coefficient (Wildman–Crippen LogP) is 3.90. The van der Waals surface area contributed by atoms with E-state index in [0.29, 0.717) is 12.1 Å². The number of carbonyl (C=O) groups excluding carboxylic acids is 1. The van der Waals surface area contributed by atoms with Crippen LogP contribution in [0.25, 0.3) is 22.0 Å². The molecule has 4 N–H and O–H groups in total. The highest BCUT2D eigenvalue weighted by atomic mass is 16.1. The number of H-pyrrole nitrogens is 1. The molecule has 4 aromatic rings. The first kappa shape index (κ1) is 17.2. The van der Waals surface area contributed by atoms with Crippen molar-refractivity contribution in [2.75, 3.05) is 16.0 Å². The van der Waals surface area contributed by atoms with E-state index in [-0.39, 0.29) is 12.1 Å². The second kappa shape index (κ2) is 6.90. The van der Waals surface area contributed by atoms with Crippen molar-refractivity contribution in [2.24, 2.45) is 0 Å². The van der Waals surface area contributed by atoms with Gasteiger partial charge in [0, 0.05) is 29.8 Å². The minimum Gasteiger partial charge on any atom is -0.359 e. The fraction of sp³-hybridized carbons (Fsp3) is 0.143. The van der Waals surface area contributed by atoms with E-state index in [4.69, 9.17) is 0 Å². The number of hydrogen-bond donors (Lipinski definition) is 4. The van der Waals surface area contributed by atoms with Crippen LogP contribution < -0.4 is 16.0 Å². The predicted molar refractivity (Wildman–Crippen MR) is 112 cm³/mol. The number of amides is 1. The molecule has 0 saturated heterocycles. The Labute approximate surface area is 166 Å². The van der Waals surface area contributed by atoms with Gasteiger partial charge in [0.1, 0.15) is 6.17 Å². The fourth-order valence-corrected chi connectivity index (χ4v) is 3.47. The van der Waals surface area contributed by atoms with Gasteiger partial charge in [-0.15, -0.1) is 0 Å². The molecule has 1 aliphatic heterocycles. The van der Waals surface area contributed by atoms with Crippen molar-refractivity contribution in [2.45, 2.75) is 19.5 Å². The molecule has 29 heavy (non-hydrogen) atoms. The highest BCUT2D eigenvalue weighted by Crippen LogP contribution is 2.36. The molecule has 0 spiro atoms. The fourth-order valence-electron chi connectivity index (χ4n) is 3.47. The molecule has 1 amide bonds. The van der Waals surface area contributed by atoms with Gasteiger partial charge in [-0.05, 0) is 29.8 Å². The first-order chi connectivity index (χ1) is 14.2. The number of aromatic amines is 1. The minimum atomic E-state index is -0.122. The van der Waals surface area contributed by atoms with Crippen LogP contribution in [-0.4, -0.2) is 26.1 Å². The third-order valence-corrected chi connectivity index (χ3v) is 4.97. The number of anilines is 3. The molecule has 0 aliphatic carbocycles. The minimum absolute atomic E-state index is 0.0380. The number of fused-ring (bicyclic) bond motifs is 2. The summed E-state index contributed by atoms with van der Waals surface area (Å²) in [5, 5.41) is 18.3. The SMILES string of the molecule is CCC(=O)Nc1cncc(-c2ccc3n[nH]c(C4Nc5ccncc5N4)c3c2)c1. The molecule has 1 aliphatic rings. The Hall–Kier alpha value is -3.94. The average molecular weight is 385 g/mol. The smallest absolute Gasteiger partial charge is 0.224 e. The molecule has 0 radical (unpaired) electrons. The van der Waals surface area contributed by atoms with Gasteiger partial charge in [0.05, 0.1) is 40.7 Å². The van der Waals surface area contributed by atoms with E-state index in [2.05, 4.69) is 42.2 Å². The molecule has 1 aromatic carbocycles. The van der Waals surface area contributed by atoms with E-state index in [1.807, 2.05) is 31.2 Å². The lowest BCUT2D eigenvalue weighted by Crippen LogP contribution is -2.12. The van der Waals surface area contributed by atoms with Crippen molar-refractivity contribution < 1.29 is 4.79 Å². The first-order valence-corrected chi connectivity index (χ1v) is 9.41. The second-order valence-corrected chi connectivity index (χ2v) is 6.88. The van der Waals surface area contributed by atoms with E-state index in [0.717, 1.165) is 39.1 Å². The Morgan fingerprint density at radius 2 is 1.93 bits per heavy atom. The Morgan fingerprint density at radius 1 is 1.03 bits per heavy atom. The van der Waals surface area contributed by atoms with Gasteiger partial charge in [0.15, 0.2) is 0 Å². The molecule has 3 aromatic heterocycles. The molecule has 0 saturated carbocycles. The van der Waals surface area contributed by atoms with E-state index in [1.54, 1.807) is 24.8 Å². The second-order valence-electron chi connectivity index (χ2n) is 6.88. The Morgan fingerprint density at radius 3 is 2.79 bits per heavy atom. The van der Waals surface area contributed by atoms with Crippen LogP contribution in [0, 0.1) is 0 Å². The maximum atomic E-state index is 11.7. The zero-order chi connectivity index (χ0) is 19.8. The van der Waals surface area contributed by atoms with Gasteiger partial charge in [-0.1, -0.05) is 13.0 Å². The number of benzene rings is 1. The van der Waals surface area contributed by atoms with E-state index >= 15 is 0 Å². The highest BCUT2D eigenvalue weighted by molar-refractivity contribution is 5.92. The lowest BCUT2D eigenvalue weighted by atomic mass is 10.0. The van der Waals surface area contributed by atoms with Crippen molar-refractivity contribution in [1.29, 1.82) is 0 Å². The van der Waals surface area contributed by atoms with Gasteiger partial charge < -0.3 is 16.0 Å². The highest BCUT2D eigenvalue weighted by Gasteiger charge is 2.24. The number of carbonyl (C=O) groups is 1. The summed E-state index contributed by atoms with van der Waals surface area (Å²) in [5.74, 6) is -0.0380. The van der Waals surface area contributed by atoms with Crippen molar-refractivity contribution in [3.05, 3.63) is 60.8 Å². The lowest BCUT2D eigenvalue weighted by molar-refractivity contribution is -0.115. The van der Waals surface area contributed by atoms with E-state index < -0.39 is 0 Å². The Kier molecular flexibility index (Phi) is 4.09. The monoisotopic (exact) mass is 385 g/mol. The Bertz CT molecular complexity index is 1190. The number of aromatic nitrogens is 4. The van der Waals surface area contributed by atoms with Crippen LogP contribution in [0.4, 0.5) is 17.1 Å². The molecule has 1 unspecified atom stereocenters. The summed E-state index contributed by atoms with van der Waals surface area (Å²) in [4.78, 5) is 20.1. The molecule has 0 fully saturated rings. The van der Waals surface area contributed by atoms with E-state index in [1.165, 1.54) is 0 Å². The lowest BCUT2D eigenvalue weighted by Gasteiger charge is -2.11. The van der Waals surface area contributed by atoms with Crippen LogP contribution in [0.15, 0.2) is 55.1 Å². The molecule has 144 valence electrons. The van der Waals surface area contributed by atoms with Crippen molar-refractivity contribution >= 4 is 33.9 Å².